The van der Waals surface area contributed by atoms with Gasteiger partial charge in [-0.05, 0) is 19.8 Å². The second-order valence-electron chi connectivity index (χ2n) is 2.87. The minimum absolute atomic E-state index is 0.0472. The first-order valence-electron chi connectivity index (χ1n) is 4.43. The maximum absolute atomic E-state index is 5.41. The Bertz CT molecular complexity index is 83.6. The molecule has 0 aliphatic carbocycles. The van der Waals surface area contributed by atoms with Crippen LogP contribution in [-0.4, -0.2) is 19.5 Å². The van der Waals surface area contributed by atoms with Crippen LogP contribution in [-0.2, 0) is 9.47 Å². The summed E-state index contributed by atoms with van der Waals surface area (Å²) >= 11 is 0. The monoisotopic (exact) mass is 160 g/mol. The smallest absolute Gasteiger partial charge is 0.154 e. The SMILES string of the molecule is CCOC(C)OCC(C)CC. The van der Waals surface area contributed by atoms with Crippen LogP contribution in [0.2, 0.25) is 0 Å². The van der Waals surface area contributed by atoms with Crippen LogP contribution in [0.1, 0.15) is 34.1 Å². The summed E-state index contributed by atoms with van der Waals surface area (Å²) in [5.41, 5.74) is 0. The normalized spacial score (nSPS) is 16.4. The molecule has 0 amide bonds. The highest BCUT2D eigenvalue weighted by Crippen LogP contribution is 2.03. The molecule has 11 heavy (non-hydrogen) atoms. The summed E-state index contributed by atoms with van der Waals surface area (Å²) in [6, 6.07) is 0. The molecule has 0 fully saturated rings. The Balaban J connectivity index is 3.22. The Kier molecular flexibility index (Phi) is 6.57. The molecule has 0 aromatic heterocycles. The van der Waals surface area contributed by atoms with Gasteiger partial charge in [-0.15, -0.1) is 0 Å². The highest BCUT2D eigenvalue weighted by atomic mass is 16.7. The van der Waals surface area contributed by atoms with E-state index in [1.807, 2.05) is 13.8 Å². The highest BCUT2D eigenvalue weighted by molar-refractivity contribution is 4.46. The van der Waals surface area contributed by atoms with E-state index >= 15 is 0 Å². The van der Waals surface area contributed by atoms with Crippen molar-refractivity contribution in [2.45, 2.75) is 40.4 Å². The number of hydrogen-bond acceptors (Lipinski definition) is 2. The summed E-state index contributed by atoms with van der Waals surface area (Å²) in [5, 5.41) is 0. The standard InChI is InChI=1S/C9H20O2/c1-5-8(3)7-11-9(4)10-6-2/h8-9H,5-7H2,1-4H3. The molecule has 0 aliphatic heterocycles. The Labute approximate surface area is 69.9 Å². The van der Waals surface area contributed by atoms with E-state index in [-0.39, 0.29) is 6.29 Å². The molecule has 2 atom stereocenters. The van der Waals surface area contributed by atoms with Crippen molar-refractivity contribution in [3.8, 4) is 0 Å². The van der Waals surface area contributed by atoms with Crippen LogP contribution in [0.3, 0.4) is 0 Å². The van der Waals surface area contributed by atoms with Gasteiger partial charge in [0.1, 0.15) is 0 Å². The molecular weight excluding hydrogens is 140 g/mol. The molecule has 0 aromatic rings. The predicted octanol–water partition coefficient (Wildman–Crippen LogP) is 2.43. The van der Waals surface area contributed by atoms with Crippen molar-refractivity contribution in [3.05, 3.63) is 0 Å². The third-order valence-electron chi connectivity index (χ3n) is 1.71. The minimum Gasteiger partial charge on any atom is -0.353 e. The van der Waals surface area contributed by atoms with E-state index in [2.05, 4.69) is 13.8 Å². The highest BCUT2D eigenvalue weighted by Gasteiger charge is 2.03. The van der Waals surface area contributed by atoms with Crippen LogP contribution in [0.5, 0.6) is 0 Å². The molecule has 0 spiro atoms. The second-order valence-corrected chi connectivity index (χ2v) is 2.87. The lowest BCUT2D eigenvalue weighted by molar-refractivity contribution is -0.134. The molecule has 0 saturated heterocycles. The first-order valence-corrected chi connectivity index (χ1v) is 4.43. The van der Waals surface area contributed by atoms with Gasteiger partial charge >= 0.3 is 0 Å². The van der Waals surface area contributed by atoms with Gasteiger partial charge in [-0.1, -0.05) is 20.3 Å². The minimum atomic E-state index is -0.0472. The second kappa shape index (κ2) is 6.62. The van der Waals surface area contributed by atoms with Crippen LogP contribution >= 0.6 is 0 Å². The van der Waals surface area contributed by atoms with Gasteiger partial charge in [-0.25, -0.2) is 0 Å². The summed E-state index contributed by atoms with van der Waals surface area (Å²) in [7, 11) is 0. The lowest BCUT2D eigenvalue weighted by atomic mass is 10.1. The molecular formula is C9H20O2. The fourth-order valence-electron chi connectivity index (χ4n) is 0.700. The number of rotatable bonds is 6. The van der Waals surface area contributed by atoms with Crippen molar-refractivity contribution in [2.24, 2.45) is 5.92 Å². The molecule has 2 heteroatoms. The number of hydrogen-bond donors (Lipinski definition) is 0. The van der Waals surface area contributed by atoms with E-state index in [4.69, 9.17) is 9.47 Å². The molecule has 0 saturated carbocycles. The molecule has 0 N–H and O–H groups in total. The van der Waals surface area contributed by atoms with Gasteiger partial charge in [0.2, 0.25) is 0 Å². The van der Waals surface area contributed by atoms with Crippen LogP contribution in [0.15, 0.2) is 0 Å². The maximum atomic E-state index is 5.41. The van der Waals surface area contributed by atoms with E-state index in [9.17, 15) is 0 Å². The largest absolute Gasteiger partial charge is 0.353 e. The third-order valence-corrected chi connectivity index (χ3v) is 1.71. The van der Waals surface area contributed by atoms with Crippen LogP contribution < -0.4 is 0 Å². The zero-order chi connectivity index (χ0) is 8.69. The summed E-state index contributed by atoms with van der Waals surface area (Å²) < 4.78 is 10.6. The lowest BCUT2D eigenvalue weighted by Crippen LogP contribution is -2.16. The van der Waals surface area contributed by atoms with Crippen molar-refractivity contribution in [2.75, 3.05) is 13.2 Å². The molecule has 0 heterocycles. The molecule has 0 radical (unpaired) electrons. The zero-order valence-electron chi connectivity index (χ0n) is 8.09. The van der Waals surface area contributed by atoms with E-state index in [1.165, 1.54) is 6.42 Å². The Morgan fingerprint density at radius 3 is 2.18 bits per heavy atom. The van der Waals surface area contributed by atoms with Crippen LogP contribution in [0, 0.1) is 5.92 Å². The summed E-state index contributed by atoms with van der Waals surface area (Å²) in [4.78, 5) is 0. The fraction of sp³-hybridized carbons (Fsp3) is 1.00. The number of ether oxygens (including phenoxy) is 2. The van der Waals surface area contributed by atoms with Crippen molar-refractivity contribution in [3.63, 3.8) is 0 Å². The van der Waals surface area contributed by atoms with Gasteiger partial charge in [0.25, 0.3) is 0 Å². The topological polar surface area (TPSA) is 18.5 Å². The van der Waals surface area contributed by atoms with E-state index in [0.29, 0.717) is 5.92 Å². The molecule has 2 unspecified atom stereocenters. The van der Waals surface area contributed by atoms with Gasteiger partial charge in [0, 0.05) is 6.61 Å². The van der Waals surface area contributed by atoms with E-state index < -0.39 is 0 Å². The van der Waals surface area contributed by atoms with Crippen molar-refractivity contribution < 1.29 is 9.47 Å². The van der Waals surface area contributed by atoms with Gasteiger partial charge in [0.05, 0.1) is 6.61 Å². The van der Waals surface area contributed by atoms with E-state index in [0.717, 1.165) is 13.2 Å². The Morgan fingerprint density at radius 2 is 1.73 bits per heavy atom. The van der Waals surface area contributed by atoms with Gasteiger partial charge in [-0.2, -0.15) is 0 Å². The maximum Gasteiger partial charge on any atom is 0.154 e. The van der Waals surface area contributed by atoms with Crippen molar-refractivity contribution in [1.82, 2.24) is 0 Å². The zero-order valence-corrected chi connectivity index (χ0v) is 8.09. The fourth-order valence-corrected chi connectivity index (χ4v) is 0.700. The summed E-state index contributed by atoms with van der Waals surface area (Å²) in [6.45, 7) is 9.78. The van der Waals surface area contributed by atoms with E-state index in [1.54, 1.807) is 0 Å². The Morgan fingerprint density at radius 1 is 1.09 bits per heavy atom. The first kappa shape index (κ1) is 10.9. The van der Waals surface area contributed by atoms with Gasteiger partial charge in [0.15, 0.2) is 6.29 Å². The third kappa shape index (κ3) is 6.32. The van der Waals surface area contributed by atoms with Crippen molar-refractivity contribution >= 4 is 0 Å². The summed E-state index contributed by atoms with van der Waals surface area (Å²) in [6.07, 6.45) is 1.12. The van der Waals surface area contributed by atoms with Gasteiger partial charge in [-0.3, -0.25) is 0 Å². The lowest BCUT2D eigenvalue weighted by Gasteiger charge is -2.15. The molecule has 0 bridgehead atoms. The quantitative estimate of drug-likeness (QED) is 0.556. The molecule has 68 valence electrons. The van der Waals surface area contributed by atoms with Crippen LogP contribution in [0.4, 0.5) is 0 Å². The molecule has 0 aliphatic rings. The Hall–Kier alpha value is -0.0800. The average Bonchev–Trinajstić information content (AvgIpc) is 2.01. The van der Waals surface area contributed by atoms with Crippen LogP contribution in [0.25, 0.3) is 0 Å². The first-order chi connectivity index (χ1) is 5.20. The average molecular weight is 160 g/mol. The molecule has 2 nitrogen and oxygen atoms in total. The predicted molar refractivity (Wildman–Crippen MR) is 46.5 cm³/mol. The summed E-state index contributed by atoms with van der Waals surface area (Å²) in [5.74, 6) is 0.637. The molecule has 0 aromatic carbocycles. The molecule has 0 rings (SSSR count). The van der Waals surface area contributed by atoms with Crippen molar-refractivity contribution in [1.29, 1.82) is 0 Å². The van der Waals surface area contributed by atoms with Gasteiger partial charge < -0.3 is 9.47 Å².